The lowest BCUT2D eigenvalue weighted by Gasteiger charge is -2.14. The Hall–Kier alpha value is -1.55. The van der Waals surface area contributed by atoms with Gasteiger partial charge >= 0.3 is 6.03 Å². The summed E-state index contributed by atoms with van der Waals surface area (Å²) in [7, 11) is 0. The number of carbonyl (C=O) groups is 1. The van der Waals surface area contributed by atoms with Crippen LogP contribution in [0, 0.1) is 6.92 Å². The van der Waals surface area contributed by atoms with Crippen molar-refractivity contribution in [2.45, 2.75) is 32.8 Å². The number of amides is 2. The fourth-order valence-electron chi connectivity index (χ4n) is 1.64. The van der Waals surface area contributed by atoms with Gasteiger partial charge in [0.15, 0.2) is 0 Å². The van der Waals surface area contributed by atoms with Gasteiger partial charge in [0, 0.05) is 13.1 Å². The monoisotopic (exact) mass is 250 g/mol. The molecule has 0 bridgehead atoms. The molecular weight excluding hydrogens is 228 g/mol. The summed E-state index contributed by atoms with van der Waals surface area (Å²) >= 11 is 0. The van der Waals surface area contributed by atoms with Crippen molar-refractivity contribution in [1.29, 1.82) is 0 Å². The van der Waals surface area contributed by atoms with E-state index in [0.717, 1.165) is 0 Å². The molecular formula is C14H22N2O2. The van der Waals surface area contributed by atoms with E-state index in [2.05, 4.69) is 42.7 Å². The van der Waals surface area contributed by atoms with E-state index in [4.69, 9.17) is 5.11 Å². The number of hydrogen-bond donors (Lipinski definition) is 3. The van der Waals surface area contributed by atoms with Crippen LogP contribution in [-0.4, -0.2) is 30.3 Å². The third kappa shape index (κ3) is 5.19. The number of carbonyl (C=O) groups excluding carboxylic acids is 1. The van der Waals surface area contributed by atoms with Crippen molar-refractivity contribution in [1.82, 2.24) is 10.6 Å². The van der Waals surface area contributed by atoms with E-state index in [1.165, 1.54) is 11.1 Å². The standard InChI is InChI=1S/C14H22N2O2/c1-10-5-4-6-13(7-10)11(2)8-15-14(18)16-9-12(3)17/h4-7,11-12,17H,8-9H2,1-3H3,(H2,15,16,18)/t11-,12+/m0/s1. The van der Waals surface area contributed by atoms with Crippen LogP contribution >= 0.6 is 0 Å². The number of aryl methyl sites for hydroxylation is 1. The van der Waals surface area contributed by atoms with Gasteiger partial charge in [-0.2, -0.15) is 0 Å². The average molecular weight is 250 g/mol. The quantitative estimate of drug-likeness (QED) is 0.746. The van der Waals surface area contributed by atoms with Crippen molar-refractivity contribution in [3.8, 4) is 0 Å². The van der Waals surface area contributed by atoms with Gasteiger partial charge in [0.2, 0.25) is 0 Å². The van der Waals surface area contributed by atoms with E-state index in [-0.39, 0.29) is 18.5 Å². The molecule has 4 heteroatoms. The second kappa shape index (κ2) is 7.01. The number of aliphatic hydroxyl groups excluding tert-OH is 1. The van der Waals surface area contributed by atoms with Crippen molar-refractivity contribution in [2.75, 3.05) is 13.1 Å². The van der Waals surface area contributed by atoms with Crippen LogP contribution in [0.2, 0.25) is 0 Å². The summed E-state index contributed by atoms with van der Waals surface area (Å²) in [6.45, 7) is 6.61. The summed E-state index contributed by atoms with van der Waals surface area (Å²) in [6, 6.07) is 8.02. The lowest BCUT2D eigenvalue weighted by atomic mass is 9.99. The predicted octanol–water partition coefficient (Wildman–Crippen LogP) is 1.78. The molecule has 0 spiro atoms. The first-order valence-electron chi connectivity index (χ1n) is 6.25. The third-order valence-electron chi connectivity index (χ3n) is 2.74. The molecule has 0 aliphatic carbocycles. The number of rotatable bonds is 5. The molecule has 0 aliphatic heterocycles. The van der Waals surface area contributed by atoms with Gasteiger partial charge in [0.05, 0.1) is 6.10 Å². The summed E-state index contributed by atoms with van der Waals surface area (Å²) in [5.74, 6) is 0.266. The van der Waals surface area contributed by atoms with Crippen molar-refractivity contribution in [3.05, 3.63) is 35.4 Å². The molecule has 0 aliphatic rings. The Morgan fingerprint density at radius 1 is 1.28 bits per heavy atom. The number of benzene rings is 1. The molecule has 0 fully saturated rings. The highest BCUT2D eigenvalue weighted by Crippen LogP contribution is 2.15. The first kappa shape index (κ1) is 14.5. The molecule has 18 heavy (non-hydrogen) atoms. The molecule has 100 valence electrons. The number of hydrogen-bond acceptors (Lipinski definition) is 2. The number of nitrogens with one attached hydrogen (secondary N) is 2. The molecule has 0 saturated heterocycles. The lowest BCUT2D eigenvalue weighted by molar-refractivity contribution is 0.187. The Labute approximate surface area is 108 Å². The minimum atomic E-state index is -0.523. The van der Waals surface area contributed by atoms with E-state index >= 15 is 0 Å². The van der Waals surface area contributed by atoms with E-state index in [0.29, 0.717) is 6.54 Å². The minimum Gasteiger partial charge on any atom is -0.392 e. The highest BCUT2D eigenvalue weighted by molar-refractivity contribution is 5.73. The topological polar surface area (TPSA) is 61.4 Å². The third-order valence-corrected chi connectivity index (χ3v) is 2.74. The Morgan fingerprint density at radius 3 is 2.56 bits per heavy atom. The maximum Gasteiger partial charge on any atom is 0.314 e. The molecule has 0 saturated carbocycles. The highest BCUT2D eigenvalue weighted by atomic mass is 16.3. The van der Waals surface area contributed by atoms with Crippen molar-refractivity contribution < 1.29 is 9.90 Å². The smallest absolute Gasteiger partial charge is 0.314 e. The first-order valence-corrected chi connectivity index (χ1v) is 6.25. The van der Waals surface area contributed by atoms with Crippen LogP contribution in [0.4, 0.5) is 4.79 Å². The van der Waals surface area contributed by atoms with E-state index < -0.39 is 6.10 Å². The second-order valence-corrected chi connectivity index (χ2v) is 4.76. The van der Waals surface area contributed by atoms with Crippen molar-refractivity contribution in [3.63, 3.8) is 0 Å². The molecule has 1 aromatic carbocycles. The van der Waals surface area contributed by atoms with Crippen LogP contribution in [0.5, 0.6) is 0 Å². The van der Waals surface area contributed by atoms with Crippen LogP contribution in [0.15, 0.2) is 24.3 Å². The lowest BCUT2D eigenvalue weighted by Crippen LogP contribution is -2.40. The summed E-state index contributed by atoms with van der Waals surface area (Å²) in [5, 5.41) is 14.4. The number of urea groups is 1. The van der Waals surface area contributed by atoms with Gasteiger partial charge in [-0.3, -0.25) is 0 Å². The molecule has 1 aromatic rings. The van der Waals surface area contributed by atoms with Crippen LogP contribution in [0.25, 0.3) is 0 Å². The predicted molar refractivity (Wildman–Crippen MR) is 72.7 cm³/mol. The summed E-state index contributed by atoms with van der Waals surface area (Å²) in [4.78, 5) is 11.4. The molecule has 2 amide bonds. The summed E-state index contributed by atoms with van der Waals surface area (Å²) in [6.07, 6.45) is -0.523. The Balaban J connectivity index is 2.37. The van der Waals surface area contributed by atoms with E-state index in [1.807, 2.05) is 6.07 Å². The van der Waals surface area contributed by atoms with Gasteiger partial charge in [-0.05, 0) is 25.3 Å². The Bertz CT molecular complexity index is 391. The molecule has 4 nitrogen and oxygen atoms in total. The normalized spacial score (nSPS) is 13.8. The van der Waals surface area contributed by atoms with Gasteiger partial charge < -0.3 is 15.7 Å². The molecule has 3 N–H and O–H groups in total. The highest BCUT2D eigenvalue weighted by Gasteiger charge is 2.08. The van der Waals surface area contributed by atoms with Gasteiger partial charge in [0.25, 0.3) is 0 Å². The van der Waals surface area contributed by atoms with Crippen LogP contribution < -0.4 is 10.6 Å². The van der Waals surface area contributed by atoms with Crippen LogP contribution in [0.1, 0.15) is 30.9 Å². The fourth-order valence-corrected chi connectivity index (χ4v) is 1.64. The Kier molecular flexibility index (Phi) is 5.65. The van der Waals surface area contributed by atoms with Gasteiger partial charge in [-0.25, -0.2) is 4.79 Å². The minimum absolute atomic E-state index is 0.240. The zero-order valence-electron chi connectivity index (χ0n) is 11.2. The molecule has 0 aromatic heterocycles. The first-order chi connectivity index (χ1) is 8.49. The molecule has 2 atom stereocenters. The Morgan fingerprint density at radius 2 is 1.94 bits per heavy atom. The van der Waals surface area contributed by atoms with Gasteiger partial charge in [0.1, 0.15) is 0 Å². The van der Waals surface area contributed by atoms with Crippen molar-refractivity contribution >= 4 is 6.03 Å². The van der Waals surface area contributed by atoms with E-state index in [9.17, 15) is 4.79 Å². The number of aliphatic hydroxyl groups is 1. The summed E-state index contributed by atoms with van der Waals surface area (Å²) < 4.78 is 0. The van der Waals surface area contributed by atoms with Crippen LogP contribution in [0.3, 0.4) is 0 Å². The van der Waals surface area contributed by atoms with Gasteiger partial charge in [-0.15, -0.1) is 0 Å². The molecule has 0 radical (unpaired) electrons. The van der Waals surface area contributed by atoms with E-state index in [1.54, 1.807) is 6.92 Å². The zero-order chi connectivity index (χ0) is 13.5. The molecule has 0 heterocycles. The van der Waals surface area contributed by atoms with Crippen LogP contribution in [-0.2, 0) is 0 Å². The van der Waals surface area contributed by atoms with Gasteiger partial charge in [-0.1, -0.05) is 36.8 Å². The fraction of sp³-hybridized carbons (Fsp3) is 0.500. The molecule has 1 rings (SSSR count). The maximum atomic E-state index is 11.4. The maximum absolute atomic E-state index is 11.4. The largest absolute Gasteiger partial charge is 0.392 e. The SMILES string of the molecule is Cc1cccc([C@@H](C)CNC(=O)NC[C@@H](C)O)c1. The average Bonchev–Trinajstić information content (AvgIpc) is 2.33. The summed E-state index contributed by atoms with van der Waals surface area (Å²) in [5.41, 5.74) is 2.43. The van der Waals surface area contributed by atoms with Crippen molar-refractivity contribution in [2.24, 2.45) is 0 Å². The second-order valence-electron chi connectivity index (χ2n) is 4.76. The zero-order valence-corrected chi connectivity index (χ0v) is 11.2. The molecule has 0 unspecified atom stereocenters.